The Bertz CT molecular complexity index is 1040. The van der Waals surface area contributed by atoms with Crippen LogP contribution in [-0.2, 0) is 17.8 Å². The van der Waals surface area contributed by atoms with Gasteiger partial charge in [0.05, 0.1) is 12.7 Å². The summed E-state index contributed by atoms with van der Waals surface area (Å²) in [6, 6.07) is 12.7. The van der Waals surface area contributed by atoms with Gasteiger partial charge in [0.15, 0.2) is 0 Å². The van der Waals surface area contributed by atoms with Crippen LogP contribution in [0.2, 0.25) is 0 Å². The number of hydrogen-bond donors (Lipinski definition) is 0. The molecule has 4 rings (SSSR count). The zero-order chi connectivity index (χ0) is 21.8. The Labute approximate surface area is 180 Å². The number of oxazole rings is 1. The van der Waals surface area contributed by atoms with Crippen molar-refractivity contribution in [3.63, 3.8) is 0 Å². The van der Waals surface area contributed by atoms with Crippen LogP contribution in [0.25, 0.3) is 0 Å². The van der Waals surface area contributed by atoms with Gasteiger partial charge in [0.2, 0.25) is 11.8 Å². The van der Waals surface area contributed by atoms with Crippen molar-refractivity contribution in [3.8, 4) is 0 Å². The van der Waals surface area contributed by atoms with E-state index < -0.39 is 0 Å². The largest absolute Gasteiger partial charge is 0.443 e. The molecule has 7 heteroatoms. The van der Waals surface area contributed by atoms with Crippen molar-refractivity contribution >= 4 is 5.91 Å². The molecule has 3 aromatic rings. The number of carbonyl (C=O) groups is 1. The number of aromatic nitrogens is 1. The van der Waals surface area contributed by atoms with Crippen molar-refractivity contribution in [1.29, 1.82) is 0 Å². The molecule has 0 spiro atoms. The predicted molar refractivity (Wildman–Crippen MR) is 112 cm³/mol. The van der Waals surface area contributed by atoms with Crippen LogP contribution in [0, 0.1) is 11.6 Å². The van der Waals surface area contributed by atoms with E-state index in [1.165, 1.54) is 18.2 Å². The second kappa shape index (κ2) is 9.39. The lowest BCUT2D eigenvalue weighted by atomic mass is 10.1. The lowest BCUT2D eigenvalue weighted by Gasteiger charge is -2.25. The molecular formula is C24H25F2N3O2. The zero-order valence-electron chi connectivity index (χ0n) is 17.4. The number of carbonyl (C=O) groups excluding carboxylic acids is 1. The van der Waals surface area contributed by atoms with Crippen LogP contribution in [-0.4, -0.2) is 40.8 Å². The number of amides is 1. The minimum Gasteiger partial charge on any atom is -0.443 e. The molecular weight excluding hydrogens is 400 g/mol. The van der Waals surface area contributed by atoms with E-state index >= 15 is 0 Å². The Hall–Kier alpha value is -3.06. The summed E-state index contributed by atoms with van der Waals surface area (Å²) in [5.74, 6) is 0.633. The SMILES string of the molecule is CN(CC(=O)N1CCC[C@H]1c1ncc(Cc2ccc(F)cc2)o1)Cc1ccccc1F. The molecule has 5 nitrogen and oxygen atoms in total. The van der Waals surface area contributed by atoms with E-state index in [-0.39, 0.29) is 30.1 Å². The van der Waals surface area contributed by atoms with Crippen LogP contribution in [0.4, 0.5) is 8.78 Å². The van der Waals surface area contributed by atoms with Gasteiger partial charge >= 0.3 is 0 Å². The van der Waals surface area contributed by atoms with Crippen LogP contribution in [0.5, 0.6) is 0 Å². The van der Waals surface area contributed by atoms with Gasteiger partial charge in [0.1, 0.15) is 23.4 Å². The van der Waals surface area contributed by atoms with E-state index in [0.29, 0.717) is 36.7 Å². The van der Waals surface area contributed by atoms with Crippen LogP contribution in [0.1, 0.15) is 41.7 Å². The highest BCUT2D eigenvalue weighted by Crippen LogP contribution is 2.32. The molecule has 0 N–H and O–H groups in total. The number of rotatable bonds is 7. The number of nitrogens with zero attached hydrogens (tertiary/aromatic N) is 3. The summed E-state index contributed by atoms with van der Waals surface area (Å²) in [5.41, 5.74) is 1.49. The summed E-state index contributed by atoms with van der Waals surface area (Å²) in [7, 11) is 1.81. The van der Waals surface area contributed by atoms with Gasteiger partial charge in [-0.2, -0.15) is 0 Å². The van der Waals surface area contributed by atoms with Gasteiger partial charge in [-0.25, -0.2) is 13.8 Å². The second-order valence-corrected chi connectivity index (χ2v) is 7.98. The first-order valence-corrected chi connectivity index (χ1v) is 10.4. The van der Waals surface area contributed by atoms with Crippen molar-refractivity contribution in [1.82, 2.24) is 14.8 Å². The fourth-order valence-corrected chi connectivity index (χ4v) is 3.98. The van der Waals surface area contributed by atoms with Crippen molar-refractivity contribution < 1.29 is 18.0 Å². The molecule has 162 valence electrons. The molecule has 2 aromatic carbocycles. The van der Waals surface area contributed by atoms with Gasteiger partial charge in [-0.05, 0) is 43.7 Å². The normalized spacial score (nSPS) is 16.3. The third-order valence-electron chi connectivity index (χ3n) is 5.52. The molecule has 2 heterocycles. The molecule has 1 aliphatic heterocycles. The maximum atomic E-state index is 13.9. The highest BCUT2D eigenvalue weighted by molar-refractivity contribution is 5.79. The number of benzene rings is 2. The van der Waals surface area contributed by atoms with Gasteiger partial charge in [0, 0.05) is 25.1 Å². The maximum Gasteiger partial charge on any atom is 0.237 e. The molecule has 1 atom stereocenters. The zero-order valence-corrected chi connectivity index (χ0v) is 17.4. The topological polar surface area (TPSA) is 49.6 Å². The van der Waals surface area contributed by atoms with E-state index in [9.17, 15) is 13.6 Å². The first-order chi connectivity index (χ1) is 15.0. The number of likely N-dealkylation sites (tertiary alicyclic amines) is 1. The summed E-state index contributed by atoms with van der Waals surface area (Å²) in [5, 5.41) is 0. The summed E-state index contributed by atoms with van der Waals surface area (Å²) in [4.78, 5) is 20.9. The quantitative estimate of drug-likeness (QED) is 0.565. The van der Waals surface area contributed by atoms with E-state index in [1.807, 2.05) is 4.90 Å². The second-order valence-electron chi connectivity index (χ2n) is 7.98. The molecule has 1 aliphatic rings. The molecule has 0 bridgehead atoms. The molecule has 1 aromatic heterocycles. The highest BCUT2D eigenvalue weighted by atomic mass is 19.1. The Balaban J connectivity index is 1.38. The summed E-state index contributed by atoms with van der Waals surface area (Å²) in [6.45, 7) is 1.19. The Morgan fingerprint density at radius 3 is 2.74 bits per heavy atom. The van der Waals surface area contributed by atoms with Crippen LogP contribution < -0.4 is 0 Å². The standard InChI is InChI=1S/C24H25F2N3O2/c1-28(15-18-5-2-3-6-21(18)26)16-23(30)29-12-4-7-22(29)24-27-14-20(31-24)13-17-8-10-19(25)11-9-17/h2-3,5-6,8-11,14,22H,4,7,12-13,15-16H2,1H3/t22-/m0/s1. The average molecular weight is 425 g/mol. The Kier molecular flexibility index (Phi) is 6.42. The minimum atomic E-state index is -0.276. The number of halogens is 2. The van der Waals surface area contributed by atoms with Crippen molar-refractivity contribution in [2.75, 3.05) is 20.1 Å². The predicted octanol–water partition coefficient (Wildman–Crippen LogP) is 4.34. The van der Waals surface area contributed by atoms with Gasteiger partial charge in [-0.3, -0.25) is 9.69 Å². The van der Waals surface area contributed by atoms with E-state index in [1.54, 1.807) is 48.5 Å². The molecule has 0 aliphatic carbocycles. The third-order valence-corrected chi connectivity index (χ3v) is 5.52. The first-order valence-electron chi connectivity index (χ1n) is 10.4. The molecule has 1 saturated heterocycles. The lowest BCUT2D eigenvalue weighted by Crippen LogP contribution is -2.38. The lowest BCUT2D eigenvalue weighted by molar-refractivity contribution is -0.133. The van der Waals surface area contributed by atoms with Crippen molar-refractivity contribution in [2.45, 2.75) is 31.8 Å². The van der Waals surface area contributed by atoms with E-state index in [0.717, 1.165) is 18.4 Å². The molecule has 1 fully saturated rings. The maximum absolute atomic E-state index is 13.9. The molecule has 31 heavy (non-hydrogen) atoms. The smallest absolute Gasteiger partial charge is 0.237 e. The van der Waals surface area contributed by atoms with Crippen LogP contribution >= 0.6 is 0 Å². The summed E-state index contributed by atoms with van der Waals surface area (Å²) in [6.07, 6.45) is 3.85. The minimum absolute atomic E-state index is 0.0281. The van der Waals surface area contributed by atoms with Gasteiger partial charge < -0.3 is 9.32 Å². The fraction of sp³-hybridized carbons (Fsp3) is 0.333. The highest BCUT2D eigenvalue weighted by Gasteiger charge is 2.33. The molecule has 0 radical (unpaired) electrons. The summed E-state index contributed by atoms with van der Waals surface area (Å²) < 4.78 is 32.9. The fourth-order valence-electron chi connectivity index (χ4n) is 3.98. The summed E-state index contributed by atoms with van der Waals surface area (Å²) >= 11 is 0. The molecule has 1 amide bonds. The molecule has 0 saturated carbocycles. The number of hydrogen-bond acceptors (Lipinski definition) is 4. The van der Waals surface area contributed by atoms with Crippen molar-refractivity contribution in [2.24, 2.45) is 0 Å². The Morgan fingerprint density at radius 2 is 1.97 bits per heavy atom. The van der Waals surface area contributed by atoms with E-state index in [4.69, 9.17) is 4.42 Å². The van der Waals surface area contributed by atoms with Crippen LogP contribution in [0.15, 0.2) is 59.1 Å². The van der Waals surface area contributed by atoms with Gasteiger partial charge in [0.25, 0.3) is 0 Å². The molecule has 0 unspecified atom stereocenters. The van der Waals surface area contributed by atoms with Crippen molar-refractivity contribution in [3.05, 3.63) is 89.1 Å². The van der Waals surface area contributed by atoms with E-state index in [2.05, 4.69) is 4.98 Å². The van der Waals surface area contributed by atoms with Crippen LogP contribution in [0.3, 0.4) is 0 Å². The average Bonchev–Trinajstić information content (AvgIpc) is 3.41. The third kappa shape index (κ3) is 5.17. The monoisotopic (exact) mass is 425 g/mol. The first kappa shape index (κ1) is 21.2. The van der Waals surface area contributed by atoms with Gasteiger partial charge in [-0.1, -0.05) is 30.3 Å². The van der Waals surface area contributed by atoms with Gasteiger partial charge in [-0.15, -0.1) is 0 Å². The Morgan fingerprint density at radius 1 is 1.19 bits per heavy atom. The number of likely N-dealkylation sites (N-methyl/N-ethyl adjacent to an activating group) is 1.